The maximum atomic E-state index is 4.77. The van der Waals surface area contributed by atoms with Gasteiger partial charge in [0.25, 0.3) is 0 Å². The van der Waals surface area contributed by atoms with Crippen LogP contribution in [0, 0.1) is 0 Å². The molecular weight excluding hydrogens is 174 g/mol. The van der Waals surface area contributed by atoms with Gasteiger partial charge in [-0.3, -0.25) is 0 Å². The van der Waals surface area contributed by atoms with Gasteiger partial charge in [0.1, 0.15) is 5.82 Å². The standard InChI is InChI=1S/C11H17N3/c1-14-10-5-6-12-7-9(10)13-11(14)8-3-2-4-8/h8,12H,2-7H2,1H3. The van der Waals surface area contributed by atoms with E-state index in [1.807, 2.05) is 0 Å². The molecule has 76 valence electrons. The van der Waals surface area contributed by atoms with E-state index in [4.69, 9.17) is 4.98 Å². The molecule has 1 fully saturated rings. The molecule has 0 unspecified atom stereocenters. The van der Waals surface area contributed by atoms with E-state index in [1.54, 1.807) is 0 Å². The zero-order chi connectivity index (χ0) is 9.54. The number of hydrogen-bond donors (Lipinski definition) is 1. The molecule has 1 aromatic rings. The van der Waals surface area contributed by atoms with Crippen molar-refractivity contribution in [3.05, 3.63) is 17.2 Å². The highest BCUT2D eigenvalue weighted by molar-refractivity contribution is 5.22. The van der Waals surface area contributed by atoms with Crippen LogP contribution in [-0.4, -0.2) is 16.1 Å². The lowest BCUT2D eigenvalue weighted by Crippen LogP contribution is -2.24. The van der Waals surface area contributed by atoms with Gasteiger partial charge in [-0.25, -0.2) is 4.98 Å². The Balaban J connectivity index is 2.00. The molecule has 0 saturated heterocycles. The molecule has 2 aliphatic rings. The van der Waals surface area contributed by atoms with Gasteiger partial charge in [-0.15, -0.1) is 0 Å². The van der Waals surface area contributed by atoms with Crippen molar-refractivity contribution in [2.75, 3.05) is 6.54 Å². The highest BCUT2D eigenvalue weighted by Gasteiger charge is 2.27. The number of nitrogens with one attached hydrogen (secondary N) is 1. The first-order valence-electron chi connectivity index (χ1n) is 5.61. The Morgan fingerprint density at radius 3 is 2.93 bits per heavy atom. The predicted molar refractivity (Wildman–Crippen MR) is 55.2 cm³/mol. The third kappa shape index (κ3) is 1.12. The fourth-order valence-electron chi connectivity index (χ4n) is 2.51. The first-order chi connectivity index (χ1) is 6.86. The summed E-state index contributed by atoms with van der Waals surface area (Å²) in [4.78, 5) is 4.77. The highest BCUT2D eigenvalue weighted by atomic mass is 15.1. The molecule has 1 aromatic heterocycles. The summed E-state index contributed by atoms with van der Waals surface area (Å²) in [6.07, 6.45) is 5.22. The van der Waals surface area contributed by atoms with Crippen molar-refractivity contribution in [1.82, 2.24) is 14.9 Å². The summed E-state index contributed by atoms with van der Waals surface area (Å²) < 4.78 is 2.35. The van der Waals surface area contributed by atoms with Gasteiger partial charge in [0, 0.05) is 38.2 Å². The summed E-state index contributed by atoms with van der Waals surface area (Å²) in [6, 6.07) is 0. The number of fused-ring (bicyclic) bond motifs is 1. The first-order valence-corrected chi connectivity index (χ1v) is 5.61. The lowest BCUT2D eigenvalue weighted by Gasteiger charge is -2.24. The molecular formula is C11H17N3. The number of imidazole rings is 1. The zero-order valence-corrected chi connectivity index (χ0v) is 8.71. The van der Waals surface area contributed by atoms with E-state index < -0.39 is 0 Å². The molecule has 0 amide bonds. The van der Waals surface area contributed by atoms with Crippen LogP contribution in [0.15, 0.2) is 0 Å². The van der Waals surface area contributed by atoms with E-state index in [1.165, 1.54) is 36.5 Å². The quantitative estimate of drug-likeness (QED) is 0.726. The molecule has 0 bridgehead atoms. The highest BCUT2D eigenvalue weighted by Crippen LogP contribution is 2.36. The Morgan fingerprint density at radius 2 is 2.29 bits per heavy atom. The Bertz CT molecular complexity index is 350. The van der Waals surface area contributed by atoms with Gasteiger partial charge in [0.05, 0.1) is 5.69 Å². The molecule has 1 aliphatic heterocycles. The van der Waals surface area contributed by atoms with E-state index in [9.17, 15) is 0 Å². The van der Waals surface area contributed by atoms with Crippen LogP contribution in [0.3, 0.4) is 0 Å². The summed E-state index contributed by atoms with van der Waals surface area (Å²) in [5.41, 5.74) is 2.76. The van der Waals surface area contributed by atoms with Gasteiger partial charge >= 0.3 is 0 Å². The Labute approximate surface area is 84.5 Å². The van der Waals surface area contributed by atoms with E-state index in [0.29, 0.717) is 0 Å². The molecule has 1 aliphatic carbocycles. The minimum atomic E-state index is 0.755. The SMILES string of the molecule is Cn1c(C2CCC2)nc2c1CCNC2. The first kappa shape index (κ1) is 8.48. The van der Waals surface area contributed by atoms with Gasteiger partial charge in [0.2, 0.25) is 0 Å². The zero-order valence-electron chi connectivity index (χ0n) is 8.71. The van der Waals surface area contributed by atoms with Crippen molar-refractivity contribution < 1.29 is 0 Å². The van der Waals surface area contributed by atoms with Gasteiger partial charge in [-0.1, -0.05) is 6.42 Å². The van der Waals surface area contributed by atoms with Crippen molar-refractivity contribution in [3.8, 4) is 0 Å². The van der Waals surface area contributed by atoms with Crippen LogP contribution in [0.5, 0.6) is 0 Å². The smallest absolute Gasteiger partial charge is 0.112 e. The third-order valence-corrected chi connectivity index (χ3v) is 3.63. The minimum Gasteiger partial charge on any atom is -0.335 e. The predicted octanol–water partition coefficient (Wildman–Crippen LogP) is 1.33. The monoisotopic (exact) mass is 191 g/mol. The second-order valence-corrected chi connectivity index (χ2v) is 4.48. The van der Waals surface area contributed by atoms with Crippen LogP contribution in [0.1, 0.15) is 42.4 Å². The fourth-order valence-corrected chi connectivity index (χ4v) is 2.51. The van der Waals surface area contributed by atoms with Crippen molar-refractivity contribution in [3.63, 3.8) is 0 Å². The Hall–Kier alpha value is -0.830. The lowest BCUT2D eigenvalue weighted by atomic mass is 9.85. The molecule has 0 atom stereocenters. The van der Waals surface area contributed by atoms with Crippen LogP contribution in [0.2, 0.25) is 0 Å². The molecule has 3 rings (SSSR count). The summed E-state index contributed by atoms with van der Waals surface area (Å²) in [5.74, 6) is 2.09. The third-order valence-electron chi connectivity index (χ3n) is 3.63. The second kappa shape index (κ2) is 3.09. The minimum absolute atomic E-state index is 0.755. The molecule has 0 spiro atoms. The van der Waals surface area contributed by atoms with Crippen LogP contribution >= 0.6 is 0 Å². The van der Waals surface area contributed by atoms with E-state index in [0.717, 1.165) is 25.4 Å². The molecule has 3 nitrogen and oxygen atoms in total. The Kier molecular flexibility index (Phi) is 1.87. The number of hydrogen-bond acceptors (Lipinski definition) is 2. The Morgan fingerprint density at radius 1 is 1.43 bits per heavy atom. The van der Waals surface area contributed by atoms with Crippen LogP contribution in [0.4, 0.5) is 0 Å². The van der Waals surface area contributed by atoms with E-state index >= 15 is 0 Å². The largest absolute Gasteiger partial charge is 0.335 e. The average Bonchev–Trinajstić information content (AvgIpc) is 2.43. The summed E-state index contributed by atoms with van der Waals surface area (Å²) in [7, 11) is 2.19. The summed E-state index contributed by atoms with van der Waals surface area (Å²) in [5, 5.41) is 3.38. The van der Waals surface area contributed by atoms with Crippen molar-refractivity contribution in [2.45, 2.75) is 38.1 Å². The van der Waals surface area contributed by atoms with Gasteiger partial charge in [-0.2, -0.15) is 0 Å². The molecule has 3 heteroatoms. The molecule has 0 radical (unpaired) electrons. The van der Waals surface area contributed by atoms with E-state index in [2.05, 4.69) is 16.9 Å². The summed E-state index contributed by atoms with van der Waals surface area (Å²) >= 11 is 0. The molecule has 0 aromatic carbocycles. The van der Waals surface area contributed by atoms with Crippen LogP contribution in [0.25, 0.3) is 0 Å². The maximum Gasteiger partial charge on any atom is 0.112 e. The number of nitrogens with zero attached hydrogens (tertiary/aromatic N) is 2. The van der Waals surface area contributed by atoms with E-state index in [-0.39, 0.29) is 0 Å². The maximum absolute atomic E-state index is 4.77. The van der Waals surface area contributed by atoms with Gasteiger partial charge in [-0.05, 0) is 12.8 Å². The van der Waals surface area contributed by atoms with Gasteiger partial charge < -0.3 is 9.88 Å². The number of rotatable bonds is 1. The van der Waals surface area contributed by atoms with Crippen molar-refractivity contribution >= 4 is 0 Å². The van der Waals surface area contributed by atoms with Gasteiger partial charge in [0.15, 0.2) is 0 Å². The van der Waals surface area contributed by atoms with Crippen molar-refractivity contribution in [1.29, 1.82) is 0 Å². The summed E-state index contributed by atoms with van der Waals surface area (Å²) in [6.45, 7) is 2.08. The van der Waals surface area contributed by atoms with Crippen LogP contribution in [-0.2, 0) is 20.0 Å². The average molecular weight is 191 g/mol. The normalized spacial score (nSPS) is 21.8. The molecule has 14 heavy (non-hydrogen) atoms. The topological polar surface area (TPSA) is 29.9 Å². The molecule has 1 N–H and O–H groups in total. The lowest BCUT2D eigenvalue weighted by molar-refractivity contribution is 0.392. The second-order valence-electron chi connectivity index (χ2n) is 4.48. The molecule has 2 heterocycles. The van der Waals surface area contributed by atoms with Crippen molar-refractivity contribution in [2.24, 2.45) is 7.05 Å². The van der Waals surface area contributed by atoms with Crippen LogP contribution < -0.4 is 5.32 Å². The number of aromatic nitrogens is 2. The fraction of sp³-hybridized carbons (Fsp3) is 0.727. The molecule has 1 saturated carbocycles.